The zero-order valence-electron chi connectivity index (χ0n) is 9.35. The Morgan fingerprint density at radius 2 is 2.24 bits per heavy atom. The van der Waals surface area contributed by atoms with Gasteiger partial charge in [0.05, 0.1) is 11.9 Å². The van der Waals surface area contributed by atoms with Crippen LogP contribution in [0.3, 0.4) is 0 Å². The molecule has 2 rings (SSSR count). The molecule has 0 unspecified atom stereocenters. The number of hydrogen-bond donors (Lipinski definition) is 2. The van der Waals surface area contributed by atoms with E-state index >= 15 is 0 Å². The number of piperidine rings is 1. The number of nitrogens with two attached hydrogens (primary N) is 1. The topological polar surface area (TPSA) is 88.3 Å². The standard InChI is InChI=1S/C11H14N4O2/c12-11(17)14-9-5-4-8(7-13-9)15-6-2-1-3-10(15)16/h4-5,7H,1-3,6H2,(H3,12,13,14,17). The van der Waals surface area contributed by atoms with Gasteiger partial charge in [-0.1, -0.05) is 0 Å². The van der Waals surface area contributed by atoms with Crippen LogP contribution in [0.1, 0.15) is 19.3 Å². The molecule has 1 aromatic rings. The average Bonchev–Trinajstić information content (AvgIpc) is 2.30. The van der Waals surface area contributed by atoms with Crippen LogP contribution < -0.4 is 16.0 Å². The second kappa shape index (κ2) is 4.82. The summed E-state index contributed by atoms with van der Waals surface area (Å²) in [6.07, 6.45) is 4.10. The Morgan fingerprint density at radius 3 is 2.82 bits per heavy atom. The molecule has 1 aliphatic rings. The van der Waals surface area contributed by atoms with E-state index in [1.54, 1.807) is 23.2 Å². The molecule has 0 aliphatic carbocycles. The van der Waals surface area contributed by atoms with Crippen LogP contribution in [0.25, 0.3) is 0 Å². The number of urea groups is 1. The zero-order valence-corrected chi connectivity index (χ0v) is 9.35. The van der Waals surface area contributed by atoms with Crippen molar-refractivity contribution in [1.82, 2.24) is 4.98 Å². The molecule has 1 fully saturated rings. The molecule has 2 heterocycles. The summed E-state index contributed by atoms with van der Waals surface area (Å²) in [4.78, 5) is 28.0. The highest BCUT2D eigenvalue weighted by Gasteiger charge is 2.19. The number of hydrogen-bond acceptors (Lipinski definition) is 3. The summed E-state index contributed by atoms with van der Waals surface area (Å²) < 4.78 is 0. The predicted molar refractivity (Wildman–Crippen MR) is 63.6 cm³/mol. The number of rotatable bonds is 2. The number of anilines is 2. The van der Waals surface area contributed by atoms with Crippen molar-refractivity contribution < 1.29 is 9.59 Å². The molecule has 0 atom stereocenters. The van der Waals surface area contributed by atoms with Crippen molar-refractivity contribution in [2.75, 3.05) is 16.8 Å². The van der Waals surface area contributed by atoms with E-state index in [0.29, 0.717) is 12.2 Å². The first-order valence-electron chi connectivity index (χ1n) is 5.50. The Balaban J connectivity index is 2.11. The van der Waals surface area contributed by atoms with Gasteiger partial charge in [-0.15, -0.1) is 0 Å². The highest BCUT2D eigenvalue weighted by molar-refractivity contribution is 5.94. The Morgan fingerprint density at radius 1 is 1.41 bits per heavy atom. The molecule has 0 radical (unpaired) electrons. The Hall–Kier alpha value is -2.11. The van der Waals surface area contributed by atoms with Crippen LogP contribution >= 0.6 is 0 Å². The molecule has 1 aromatic heterocycles. The van der Waals surface area contributed by atoms with Gasteiger partial charge in [0.15, 0.2) is 0 Å². The first-order chi connectivity index (χ1) is 8.16. The number of nitrogens with one attached hydrogen (secondary N) is 1. The normalized spacial score (nSPS) is 15.8. The molecular formula is C11H14N4O2. The minimum Gasteiger partial charge on any atom is -0.351 e. The van der Waals surface area contributed by atoms with Crippen LogP contribution in [0.5, 0.6) is 0 Å². The summed E-state index contributed by atoms with van der Waals surface area (Å²) in [5.74, 6) is 0.499. The lowest BCUT2D eigenvalue weighted by molar-refractivity contribution is -0.119. The van der Waals surface area contributed by atoms with Crippen molar-refractivity contribution in [1.29, 1.82) is 0 Å². The van der Waals surface area contributed by atoms with E-state index < -0.39 is 6.03 Å². The Labute approximate surface area is 98.8 Å². The number of pyridine rings is 1. The fourth-order valence-electron chi connectivity index (χ4n) is 1.82. The van der Waals surface area contributed by atoms with Crippen molar-refractivity contribution >= 4 is 23.4 Å². The molecule has 0 spiro atoms. The summed E-state index contributed by atoms with van der Waals surface area (Å²) in [7, 11) is 0. The largest absolute Gasteiger partial charge is 0.351 e. The molecule has 0 bridgehead atoms. The van der Waals surface area contributed by atoms with E-state index in [-0.39, 0.29) is 5.91 Å². The fraction of sp³-hybridized carbons (Fsp3) is 0.364. The number of carbonyl (C=O) groups is 2. The van der Waals surface area contributed by atoms with Gasteiger partial charge in [-0.25, -0.2) is 9.78 Å². The van der Waals surface area contributed by atoms with E-state index in [1.165, 1.54) is 0 Å². The van der Waals surface area contributed by atoms with E-state index in [0.717, 1.165) is 25.1 Å². The number of carbonyl (C=O) groups excluding carboxylic acids is 2. The maximum Gasteiger partial charge on any atom is 0.317 e. The average molecular weight is 234 g/mol. The molecule has 1 saturated heterocycles. The Kier molecular flexibility index (Phi) is 3.22. The van der Waals surface area contributed by atoms with Crippen LogP contribution in [0.4, 0.5) is 16.3 Å². The molecule has 3 N–H and O–H groups in total. The maximum absolute atomic E-state index is 11.7. The van der Waals surface area contributed by atoms with Crippen molar-refractivity contribution in [3.63, 3.8) is 0 Å². The molecular weight excluding hydrogens is 220 g/mol. The zero-order chi connectivity index (χ0) is 12.3. The first-order valence-corrected chi connectivity index (χ1v) is 5.50. The monoisotopic (exact) mass is 234 g/mol. The summed E-state index contributed by atoms with van der Waals surface area (Å²) in [5.41, 5.74) is 5.73. The van der Waals surface area contributed by atoms with Gasteiger partial charge in [0, 0.05) is 13.0 Å². The molecule has 0 aromatic carbocycles. The summed E-state index contributed by atoms with van der Waals surface area (Å²) >= 11 is 0. The lowest BCUT2D eigenvalue weighted by Gasteiger charge is -2.26. The maximum atomic E-state index is 11.7. The van der Waals surface area contributed by atoms with Crippen molar-refractivity contribution in [2.24, 2.45) is 5.73 Å². The molecule has 90 valence electrons. The van der Waals surface area contributed by atoms with Gasteiger partial charge in [-0.2, -0.15) is 0 Å². The quantitative estimate of drug-likeness (QED) is 0.802. The van der Waals surface area contributed by atoms with E-state index in [9.17, 15) is 9.59 Å². The number of primary amides is 1. The lowest BCUT2D eigenvalue weighted by Crippen LogP contribution is -2.35. The van der Waals surface area contributed by atoms with Gasteiger partial charge in [0.25, 0.3) is 0 Å². The minimum absolute atomic E-state index is 0.119. The van der Waals surface area contributed by atoms with Gasteiger partial charge < -0.3 is 10.6 Å². The van der Waals surface area contributed by atoms with Crippen LogP contribution in [0.2, 0.25) is 0 Å². The number of nitrogens with zero attached hydrogens (tertiary/aromatic N) is 2. The molecule has 17 heavy (non-hydrogen) atoms. The van der Waals surface area contributed by atoms with Crippen molar-refractivity contribution in [2.45, 2.75) is 19.3 Å². The van der Waals surface area contributed by atoms with Crippen LogP contribution in [-0.4, -0.2) is 23.5 Å². The van der Waals surface area contributed by atoms with Crippen LogP contribution in [0.15, 0.2) is 18.3 Å². The van der Waals surface area contributed by atoms with Gasteiger partial charge in [-0.3, -0.25) is 10.1 Å². The smallest absolute Gasteiger partial charge is 0.317 e. The van der Waals surface area contributed by atoms with Crippen LogP contribution in [0, 0.1) is 0 Å². The van der Waals surface area contributed by atoms with E-state index in [2.05, 4.69) is 10.3 Å². The number of amides is 3. The lowest BCUT2D eigenvalue weighted by atomic mass is 10.1. The fourth-order valence-corrected chi connectivity index (χ4v) is 1.82. The SMILES string of the molecule is NC(=O)Nc1ccc(N2CCCCC2=O)cn1. The van der Waals surface area contributed by atoms with Crippen LogP contribution in [-0.2, 0) is 4.79 Å². The summed E-state index contributed by atoms with van der Waals surface area (Å²) in [6, 6.07) is 2.73. The van der Waals surface area contributed by atoms with Gasteiger partial charge in [-0.05, 0) is 25.0 Å². The van der Waals surface area contributed by atoms with E-state index in [1.807, 2.05) is 0 Å². The molecule has 3 amide bonds. The first kappa shape index (κ1) is 11.4. The van der Waals surface area contributed by atoms with Crippen molar-refractivity contribution in [3.8, 4) is 0 Å². The third-order valence-electron chi connectivity index (χ3n) is 2.63. The second-order valence-corrected chi connectivity index (χ2v) is 3.89. The summed E-state index contributed by atoms with van der Waals surface area (Å²) in [5, 5.41) is 2.37. The van der Waals surface area contributed by atoms with Gasteiger partial charge in [0.2, 0.25) is 5.91 Å². The molecule has 6 nitrogen and oxygen atoms in total. The summed E-state index contributed by atoms with van der Waals surface area (Å²) in [6.45, 7) is 0.725. The second-order valence-electron chi connectivity index (χ2n) is 3.89. The van der Waals surface area contributed by atoms with Gasteiger partial charge >= 0.3 is 6.03 Å². The molecule has 6 heteroatoms. The third kappa shape index (κ3) is 2.72. The number of aromatic nitrogens is 1. The van der Waals surface area contributed by atoms with Gasteiger partial charge in [0.1, 0.15) is 5.82 Å². The van der Waals surface area contributed by atoms with E-state index in [4.69, 9.17) is 5.73 Å². The highest BCUT2D eigenvalue weighted by Crippen LogP contribution is 2.20. The minimum atomic E-state index is -0.653. The highest BCUT2D eigenvalue weighted by atomic mass is 16.2. The third-order valence-corrected chi connectivity index (χ3v) is 2.63. The Bertz CT molecular complexity index is 430. The molecule has 1 aliphatic heterocycles. The van der Waals surface area contributed by atoms with Crippen molar-refractivity contribution in [3.05, 3.63) is 18.3 Å². The molecule has 0 saturated carbocycles. The predicted octanol–water partition coefficient (Wildman–Crippen LogP) is 1.09.